The Bertz CT molecular complexity index is 857. The predicted octanol–water partition coefficient (Wildman–Crippen LogP) is 4.65. The zero-order valence-electron chi connectivity index (χ0n) is 14.8. The van der Waals surface area contributed by atoms with E-state index in [9.17, 15) is 9.59 Å². The fourth-order valence-electron chi connectivity index (χ4n) is 2.12. The van der Waals surface area contributed by atoms with Gasteiger partial charge in [-0.05, 0) is 68.0 Å². The molecule has 8 heteroatoms. The van der Waals surface area contributed by atoms with Crippen LogP contribution >= 0.6 is 35.4 Å². The topological polar surface area (TPSA) is 70.2 Å². The largest absolute Gasteiger partial charge is 0.350 e. The number of hydrogen-bond acceptors (Lipinski definition) is 3. The van der Waals surface area contributed by atoms with Crippen LogP contribution in [-0.2, 0) is 0 Å². The number of carbonyl (C=O) groups excluding carboxylic acids is 2. The third-order valence-electron chi connectivity index (χ3n) is 3.80. The van der Waals surface area contributed by atoms with Crippen LogP contribution < -0.4 is 16.0 Å². The average molecular weight is 424 g/mol. The molecule has 0 aliphatic heterocycles. The molecular formula is C19H19Cl2N3O2S. The lowest BCUT2D eigenvalue weighted by Gasteiger charge is -2.13. The van der Waals surface area contributed by atoms with Crippen LogP contribution in [0.2, 0.25) is 10.0 Å². The van der Waals surface area contributed by atoms with E-state index in [0.717, 1.165) is 6.42 Å². The Morgan fingerprint density at radius 1 is 1.07 bits per heavy atom. The molecule has 0 aliphatic rings. The summed E-state index contributed by atoms with van der Waals surface area (Å²) in [5, 5.41) is 9.13. The number of amides is 2. The van der Waals surface area contributed by atoms with Crippen molar-refractivity contribution in [2.24, 2.45) is 0 Å². The smallest absolute Gasteiger partial charge is 0.258 e. The lowest BCUT2D eigenvalue weighted by Crippen LogP contribution is -2.34. The summed E-state index contributed by atoms with van der Waals surface area (Å²) >= 11 is 17.0. The molecule has 0 spiro atoms. The van der Waals surface area contributed by atoms with Crippen LogP contribution in [0.25, 0.3) is 0 Å². The standard InChI is InChI=1S/C19H19Cl2N3O2S/c1-3-11(2)22-17(25)12-4-7-14(8-5-12)23-19(27)24-18(26)15-9-6-13(20)10-16(15)21/h4-11H,3H2,1-2H3,(H,22,25)(H2,23,24,26,27). The summed E-state index contributed by atoms with van der Waals surface area (Å²) < 4.78 is 0. The quantitative estimate of drug-likeness (QED) is 0.612. The number of thiocarbonyl (C=S) groups is 1. The van der Waals surface area contributed by atoms with Gasteiger partial charge in [0.25, 0.3) is 11.8 Å². The van der Waals surface area contributed by atoms with E-state index in [1.54, 1.807) is 30.3 Å². The third-order valence-corrected chi connectivity index (χ3v) is 4.55. The first-order valence-corrected chi connectivity index (χ1v) is 9.45. The van der Waals surface area contributed by atoms with Crippen LogP contribution in [0.15, 0.2) is 42.5 Å². The fraction of sp³-hybridized carbons (Fsp3) is 0.211. The van der Waals surface area contributed by atoms with Gasteiger partial charge in [0.05, 0.1) is 10.6 Å². The molecule has 0 radical (unpaired) electrons. The van der Waals surface area contributed by atoms with Crippen LogP contribution in [0.3, 0.4) is 0 Å². The molecule has 2 rings (SSSR count). The molecule has 2 aromatic carbocycles. The molecule has 27 heavy (non-hydrogen) atoms. The van der Waals surface area contributed by atoms with E-state index in [-0.39, 0.29) is 27.6 Å². The molecule has 0 bridgehead atoms. The maximum atomic E-state index is 12.2. The Morgan fingerprint density at radius 2 is 1.74 bits per heavy atom. The highest BCUT2D eigenvalue weighted by molar-refractivity contribution is 7.80. The molecule has 5 nitrogen and oxygen atoms in total. The number of carbonyl (C=O) groups is 2. The van der Waals surface area contributed by atoms with Gasteiger partial charge in [-0.25, -0.2) is 0 Å². The maximum absolute atomic E-state index is 12.2. The van der Waals surface area contributed by atoms with Crippen molar-refractivity contribution in [2.75, 3.05) is 5.32 Å². The van der Waals surface area contributed by atoms with Gasteiger partial charge in [0, 0.05) is 22.3 Å². The summed E-state index contributed by atoms with van der Waals surface area (Å²) in [4.78, 5) is 24.3. The molecule has 0 aliphatic carbocycles. The van der Waals surface area contributed by atoms with Crippen molar-refractivity contribution in [3.63, 3.8) is 0 Å². The molecule has 2 aromatic rings. The van der Waals surface area contributed by atoms with Gasteiger partial charge in [-0.3, -0.25) is 14.9 Å². The lowest BCUT2D eigenvalue weighted by atomic mass is 10.1. The van der Waals surface area contributed by atoms with E-state index in [0.29, 0.717) is 16.3 Å². The Kier molecular flexibility index (Phi) is 7.59. The molecule has 1 unspecified atom stereocenters. The summed E-state index contributed by atoms with van der Waals surface area (Å²) in [6, 6.07) is 11.5. The minimum atomic E-state index is -0.446. The Balaban J connectivity index is 1.95. The monoisotopic (exact) mass is 423 g/mol. The summed E-state index contributed by atoms with van der Waals surface area (Å²) in [6.07, 6.45) is 0.858. The number of anilines is 1. The van der Waals surface area contributed by atoms with E-state index in [2.05, 4.69) is 16.0 Å². The van der Waals surface area contributed by atoms with Crippen LogP contribution in [0.4, 0.5) is 5.69 Å². The SMILES string of the molecule is CCC(C)NC(=O)c1ccc(NC(=S)NC(=O)c2ccc(Cl)cc2Cl)cc1. The van der Waals surface area contributed by atoms with Crippen molar-refractivity contribution < 1.29 is 9.59 Å². The molecule has 1 atom stereocenters. The molecule has 0 aromatic heterocycles. The van der Waals surface area contributed by atoms with E-state index in [1.165, 1.54) is 12.1 Å². The summed E-state index contributed by atoms with van der Waals surface area (Å²) in [7, 11) is 0. The van der Waals surface area contributed by atoms with Crippen LogP contribution in [0.5, 0.6) is 0 Å². The normalized spacial score (nSPS) is 11.4. The molecule has 0 saturated heterocycles. The Hall–Kier alpha value is -2.15. The first kappa shape index (κ1) is 21.2. The van der Waals surface area contributed by atoms with E-state index >= 15 is 0 Å². The first-order chi connectivity index (χ1) is 12.8. The Labute approximate surface area is 173 Å². The van der Waals surface area contributed by atoms with Gasteiger partial charge in [-0.2, -0.15) is 0 Å². The van der Waals surface area contributed by atoms with Crippen molar-refractivity contribution >= 4 is 58.0 Å². The Morgan fingerprint density at radius 3 is 2.33 bits per heavy atom. The zero-order valence-corrected chi connectivity index (χ0v) is 17.1. The van der Waals surface area contributed by atoms with Crippen molar-refractivity contribution in [2.45, 2.75) is 26.3 Å². The van der Waals surface area contributed by atoms with Gasteiger partial charge in [0.1, 0.15) is 0 Å². The van der Waals surface area contributed by atoms with Gasteiger partial charge < -0.3 is 10.6 Å². The van der Waals surface area contributed by atoms with Gasteiger partial charge in [0.15, 0.2) is 5.11 Å². The molecule has 0 saturated carbocycles. The van der Waals surface area contributed by atoms with E-state index in [1.807, 2.05) is 13.8 Å². The highest BCUT2D eigenvalue weighted by Crippen LogP contribution is 2.20. The highest BCUT2D eigenvalue weighted by atomic mass is 35.5. The second-order valence-electron chi connectivity index (χ2n) is 5.89. The lowest BCUT2D eigenvalue weighted by molar-refractivity contribution is 0.0937. The maximum Gasteiger partial charge on any atom is 0.258 e. The summed E-state index contributed by atoms with van der Waals surface area (Å²) in [5.41, 5.74) is 1.45. The van der Waals surface area contributed by atoms with Crippen LogP contribution in [0.1, 0.15) is 41.0 Å². The summed E-state index contributed by atoms with van der Waals surface area (Å²) in [6.45, 7) is 3.95. The average Bonchev–Trinajstić information content (AvgIpc) is 2.61. The third kappa shape index (κ3) is 6.20. The molecular weight excluding hydrogens is 405 g/mol. The minimum absolute atomic E-state index is 0.109. The zero-order chi connectivity index (χ0) is 20.0. The van der Waals surface area contributed by atoms with Gasteiger partial charge in [0.2, 0.25) is 0 Å². The van der Waals surface area contributed by atoms with Crippen molar-refractivity contribution in [3.05, 3.63) is 63.6 Å². The van der Waals surface area contributed by atoms with Crippen molar-refractivity contribution in [3.8, 4) is 0 Å². The number of nitrogens with one attached hydrogen (secondary N) is 3. The minimum Gasteiger partial charge on any atom is -0.350 e. The van der Waals surface area contributed by atoms with Crippen LogP contribution in [0, 0.1) is 0 Å². The molecule has 2 amide bonds. The number of benzene rings is 2. The molecule has 0 fully saturated rings. The predicted molar refractivity (Wildman–Crippen MR) is 114 cm³/mol. The van der Waals surface area contributed by atoms with Gasteiger partial charge >= 0.3 is 0 Å². The highest BCUT2D eigenvalue weighted by Gasteiger charge is 2.13. The van der Waals surface area contributed by atoms with E-state index in [4.69, 9.17) is 35.4 Å². The number of halogens is 2. The first-order valence-electron chi connectivity index (χ1n) is 8.28. The molecule has 0 heterocycles. The van der Waals surface area contributed by atoms with Crippen LogP contribution in [-0.4, -0.2) is 23.0 Å². The summed E-state index contributed by atoms with van der Waals surface area (Å²) in [5.74, 6) is -0.581. The fourth-order valence-corrected chi connectivity index (χ4v) is 2.83. The second kappa shape index (κ2) is 9.69. The van der Waals surface area contributed by atoms with E-state index < -0.39 is 5.91 Å². The van der Waals surface area contributed by atoms with Crippen molar-refractivity contribution in [1.82, 2.24) is 10.6 Å². The van der Waals surface area contributed by atoms with Crippen molar-refractivity contribution in [1.29, 1.82) is 0 Å². The molecule has 3 N–H and O–H groups in total. The number of hydrogen-bond donors (Lipinski definition) is 3. The molecule has 142 valence electrons. The second-order valence-corrected chi connectivity index (χ2v) is 7.14. The van der Waals surface area contributed by atoms with Gasteiger partial charge in [-0.15, -0.1) is 0 Å². The number of rotatable bonds is 5. The van der Waals surface area contributed by atoms with Gasteiger partial charge in [-0.1, -0.05) is 30.1 Å².